The van der Waals surface area contributed by atoms with Crippen molar-refractivity contribution in [2.75, 3.05) is 13.1 Å². The van der Waals surface area contributed by atoms with Crippen LogP contribution in [-0.4, -0.2) is 33.9 Å². The van der Waals surface area contributed by atoms with Gasteiger partial charge in [0.2, 0.25) is 5.91 Å². The number of carbonyl (C=O) groups excluding carboxylic acids is 1. The van der Waals surface area contributed by atoms with Crippen LogP contribution in [0.2, 0.25) is 0 Å². The summed E-state index contributed by atoms with van der Waals surface area (Å²) in [4.78, 5) is 22.7. The Hall–Kier alpha value is -1.97. The third-order valence-corrected chi connectivity index (χ3v) is 4.99. The standard InChI is InChI=1S/C18H21N3O/c1-12(22)21-8-6-14(7-9-21)17-5-4-15-10-16(13-2-3-13)11-19-18(15)20-17/h4-5,10-11,13-14H,2-3,6-9H2,1H3. The second-order valence-corrected chi connectivity index (χ2v) is 6.61. The molecule has 114 valence electrons. The summed E-state index contributed by atoms with van der Waals surface area (Å²) in [6.07, 6.45) is 6.59. The van der Waals surface area contributed by atoms with Crippen LogP contribution < -0.4 is 0 Å². The Balaban J connectivity index is 1.55. The number of fused-ring (bicyclic) bond motifs is 1. The van der Waals surface area contributed by atoms with Gasteiger partial charge in [-0.1, -0.05) is 0 Å². The molecule has 4 heteroatoms. The van der Waals surface area contributed by atoms with E-state index in [1.165, 1.54) is 18.4 Å². The van der Waals surface area contributed by atoms with Gasteiger partial charge in [0.05, 0.1) is 0 Å². The van der Waals surface area contributed by atoms with Crippen molar-refractivity contribution in [3.05, 3.63) is 35.7 Å². The molecule has 2 fully saturated rings. The molecule has 1 saturated carbocycles. The van der Waals surface area contributed by atoms with Gasteiger partial charge in [-0.05, 0) is 55.4 Å². The third-order valence-electron chi connectivity index (χ3n) is 4.99. The third kappa shape index (κ3) is 2.58. The lowest BCUT2D eigenvalue weighted by molar-refractivity contribution is -0.129. The highest BCUT2D eigenvalue weighted by molar-refractivity contribution is 5.75. The molecule has 2 aromatic heterocycles. The average molecular weight is 295 g/mol. The lowest BCUT2D eigenvalue weighted by atomic mass is 9.93. The second kappa shape index (κ2) is 5.34. The highest BCUT2D eigenvalue weighted by atomic mass is 16.2. The minimum atomic E-state index is 0.180. The maximum absolute atomic E-state index is 11.4. The number of pyridine rings is 2. The quantitative estimate of drug-likeness (QED) is 0.854. The minimum absolute atomic E-state index is 0.180. The van der Waals surface area contributed by atoms with Gasteiger partial charge >= 0.3 is 0 Å². The van der Waals surface area contributed by atoms with Crippen molar-refractivity contribution in [2.24, 2.45) is 0 Å². The maximum atomic E-state index is 11.4. The summed E-state index contributed by atoms with van der Waals surface area (Å²) >= 11 is 0. The minimum Gasteiger partial charge on any atom is -0.343 e. The van der Waals surface area contributed by atoms with Crippen LogP contribution in [0.1, 0.15) is 55.7 Å². The van der Waals surface area contributed by atoms with Gasteiger partial charge < -0.3 is 4.90 Å². The summed E-state index contributed by atoms with van der Waals surface area (Å²) in [5.74, 6) is 1.36. The van der Waals surface area contributed by atoms with Crippen molar-refractivity contribution in [3.63, 3.8) is 0 Å². The molecule has 0 spiro atoms. The molecule has 22 heavy (non-hydrogen) atoms. The SMILES string of the molecule is CC(=O)N1CCC(c2ccc3cc(C4CC4)cnc3n2)CC1. The van der Waals surface area contributed by atoms with Crippen molar-refractivity contribution < 1.29 is 4.79 Å². The predicted octanol–water partition coefficient (Wildman–Crippen LogP) is 3.23. The van der Waals surface area contributed by atoms with Gasteiger partial charge in [0, 0.05) is 43.2 Å². The fourth-order valence-electron chi connectivity index (χ4n) is 3.40. The van der Waals surface area contributed by atoms with Crippen molar-refractivity contribution >= 4 is 16.9 Å². The number of piperidine rings is 1. The Morgan fingerprint density at radius 1 is 1.14 bits per heavy atom. The van der Waals surface area contributed by atoms with Crippen LogP contribution in [0.15, 0.2) is 24.4 Å². The van der Waals surface area contributed by atoms with E-state index in [0.29, 0.717) is 5.92 Å². The number of carbonyl (C=O) groups is 1. The number of amides is 1. The summed E-state index contributed by atoms with van der Waals surface area (Å²) in [5, 5.41) is 1.15. The first-order valence-corrected chi connectivity index (χ1v) is 8.23. The smallest absolute Gasteiger partial charge is 0.219 e. The lowest BCUT2D eigenvalue weighted by Crippen LogP contribution is -2.36. The van der Waals surface area contributed by atoms with Crippen molar-refractivity contribution in [2.45, 2.75) is 44.4 Å². The van der Waals surface area contributed by atoms with Gasteiger partial charge in [0.25, 0.3) is 0 Å². The molecule has 0 aromatic carbocycles. The number of hydrogen-bond donors (Lipinski definition) is 0. The van der Waals surface area contributed by atoms with E-state index in [1.807, 2.05) is 11.1 Å². The van der Waals surface area contributed by atoms with Crippen LogP contribution in [0.25, 0.3) is 11.0 Å². The molecule has 0 atom stereocenters. The zero-order chi connectivity index (χ0) is 15.1. The van der Waals surface area contributed by atoms with Gasteiger partial charge in [0.15, 0.2) is 5.65 Å². The number of likely N-dealkylation sites (tertiary alicyclic amines) is 1. The van der Waals surface area contributed by atoms with Gasteiger partial charge in [0.1, 0.15) is 0 Å². The Labute approximate surface area is 130 Å². The Morgan fingerprint density at radius 2 is 1.91 bits per heavy atom. The molecule has 1 aliphatic carbocycles. The topological polar surface area (TPSA) is 46.1 Å². The molecule has 3 heterocycles. The molecule has 1 amide bonds. The first-order chi connectivity index (χ1) is 10.7. The van der Waals surface area contributed by atoms with Gasteiger partial charge in [-0.25, -0.2) is 9.97 Å². The van der Waals surface area contributed by atoms with Gasteiger partial charge in [-0.3, -0.25) is 4.79 Å². The van der Waals surface area contributed by atoms with Crippen LogP contribution in [-0.2, 0) is 4.79 Å². The summed E-state index contributed by atoms with van der Waals surface area (Å²) in [5.41, 5.74) is 3.34. The van der Waals surface area contributed by atoms with Crippen LogP contribution in [0.3, 0.4) is 0 Å². The van der Waals surface area contributed by atoms with E-state index in [-0.39, 0.29) is 5.91 Å². The van der Waals surface area contributed by atoms with E-state index in [1.54, 1.807) is 6.92 Å². The summed E-state index contributed by atoms with van der Waals surface area (Å²) in [7, 11) is 0. The molecule has 0 N–H and O–H groups in total. The highest BCUT2D eigenvalue weighted by Gasteiger charge is 2.25. The normalized spacial score (nSPS) is 19.6. The first-order valence-electron chi connectivity index (χ1n) is 8.23. The fraction of sp³-hybridized carbons (Fsp3) is 0.500. The molecule has 2 aliphatic rings. The number of aromatic nitrogens is 2. The largest absolute Gasteiger partial charge is 0.343 e. The first kappa shape index (κ1) is 13.7. The summed E-state index contributed by atoms with van der Waals surface area (Å²) in [6.45, 7) is 3.33. The zero-order valence-electron chi connectivity index (χ0n) is 13.0. The van der Waals surface area contributed by atoms with Crippen LogP contribution in [0.5, 0.6) is 0 Å². The second-order valence-electron chi connectivity index (χ2n) is 6.61. The predicted molar refractivity (Wildman–Crippen MR) is 85.7 cm³/mol. The molecular weight excluding hydrogens is 274 g/mol. The molecule has 2 aromatic rings. The molecule has 4 rings (SSSR count). The average Bonchev–Trinajstić information content (AvgIpc) is 3.39. The maximum Gasteiger partial charge on any atom is 0.219 e. The van der Waals surface area contributed by atoms with Crippen molar-refractivity contribution in [3.8, 4) is 0 Å². The number of rotatable bonds is 2. The summed E-state index contributed by atoms with van der Waals surface area (Å²) < 4.78 is 0. The number of hydrogen-bond acceptors (Lipinski definition) is 3. The van der Waals surface area contributed by atoms with E-state index >= 15 is 0 Å². The Morgan fingerprint density at radius 3 is 2.59 bits per heavy atom. The fourth-order valence-corrected chi connectivity index (χ4v) is 3.40. The van der Waals surface area contributed by atoms with Crippen molar-refractivity contribution in [1.82, 2.24) is 14.9 Å². The lowest BCUT2D eigenvalue weighted by Gasteiger charge is -2.31. The number of nitrogens with zero attached hydrogens (tertiary/aromatic N) is 3. The molecule has 4 nitrogen and oxygen atoms in total. The molecule has 1 saturated heterocycles. The van der Waals surface area contributed by atoms with Gasteiger partial charge in [-0.2, -0.15) is 0 Å². The summed E-state index contributed by atoms with van der Waals surface area (Å²) in [6, 6.07) is 6.55. The van der Waals surface area contributed by atoms with E-state index < -0.39 is 0 Å². The van der Waals surface area contributed by atoms with Crippen LogP contribution in [0.4, 0.5) is 0 Å². The van der Waals surface area contributed by atoms with E-state index in [4.69, 9.17) is 4.98 Å². The zero-order valence-corrected chi connectivity index (χ0v) is 13.0. The van der Waals surface area contributed by atoms with E-state index in [2.05, 4.69) is 23.2 Å². The van der Waals surface area contributed by atoms with Crippen molar-refractivity contribution in [1.29, 1.82) is 0 Å². The molecule has 0 radical (unpaired) electrons. The van der Waals surface area contributed by atoms with Gasteiger partial charge in [-0.15, -0.1) is 0 Å². The monoisotopic (exact) mass is 295 g/mol. The molecular formula is C18H21N3O. The highest BCUT2D eigenvalue weighted by Crippen LogP contribution is 2.40. The van der Waals surface area contributed by atoms with Crippen LogP contribution >= 0.6 is 0 Å². The Kier molecular flexibility index (Phi) is 3.32. The molecule has 0 unspecified atom stereocenters. The van der Waals surface area contributed by atoms with Crippen LogP contribution in [0, 0.1) is 0 Å². The Bertz CT molecular complexity index is 715. The molecule has 1 aliphatic heterocycles. The van der Waals surface area contributed by atoms with E-state index in [9.17, 15) is 4.79 Å². The molecule has 0 bridgehead atoms. The van der Waals surface area contributed by atoms with E-state index in [0.717, 1.165) is 48.6 Å².